The van der Waals surface area contributed by atoms with Gasteiger partial charge < -0.3 is 5.73 Å². The van der Waals surface area contributed by atoms with Crippen molar-refractivity contribution in [3.8, 4) is 0 Å². The molecule has 2 aromatic rings. The first-order valence-electron chi connectivity index (χ1n) is 7.06. The van der Waals surface area contributed by atoms with E-state index in [1.54, 1.807) is 0 Å². The molecule has 1 unspecified atom stereocenters. The van der Waals surface area contributed by atoms with Crippen molar-refractivity contribution in [2.75, 3.05) is 0 Å². The summed E-state index contributed by atoms with van der Waals surface area (Å²) in [6, 6.07) is 8.87. The maximum absolute atomic E-state index is 6.48. The third kappa shape index (κ3) is 2.42. The summed E-state index contributed by atoms with van der Waals surface area (Å²) in [6.07, 6.45) is 3.08. The molecule has 0 amide bonds. The summed E-state index contributed by atoms with van der Waals surface area (Å²) in [7, 11) is 1.99. The number of benzene rings is 1. The fourth-order valence-corrected chi connectivity index (χ4v) is 3.69. The van der Waals surface area contributed by atoms with E-state index in [1.165, 1.54) is 16.8 Å². The Balaban J connectivity index is 1.74. The minimum Gasteiger partial charge on any atom is -0.327 e. The number of nitrogens with two attached hydrogens (primary N) is 1. The molecule has 4 heteroatoms. The quantitative estimate of drug-likeness (QED) is 0.938. The summed E-state index contributed by atoms with van der Waals surface area (Å²) >= 11 is 3.63. The summed E-state index contributed by atoms with van der Waals surface area (Å²) in [5.41, 5.74) is 11.6. The predicted octanol–water partition coefficient (Wildman–Crippen LogP) is 2.78. The highest BCUT2D eigenvalue weighted by Crippen LogP contribution is 2.30. The van der Waals surface area contributed by atoms with Crippen LogP contribution in [-0.4, -0.2) is 15.8 Å². The van der Waals surface area contributed by atoms with Gasteiger partial charge in [-0.3, -0.25) is 4.68 Å². The summed E-state index contributed by atoms with van der Waals surface area (Å²) in [4.78, 5) is 0. The smallest absolute Gasteiger partial charge is 0.0738 e. The average molecular weight is 334 g/mol. The third-order valence-electron chi connectivity index (χ3n) is 4.38. The molecule has 1 aromatic carbocycles. The SMILES string of the molecule is Cc1nn(C)c(CC(N)C2Cc3ccccc3C2)c1Br. The van der Waals surface area contributed by atoms with Gasteiger partial charge in [-0.15, -0.1) is 0 Å². The molecule has 3 rings (SSSR count). The Morgan fingerprint density at radius 2 is 1.95 bits per heavy atom. The molecule has 1 aliphatic rings. The van der Waals surface area contributed by atoms with Crippen LogP contribution >= 0.6 is 15.9 Å². The molecule has 106 valence electrons. The molecule has 0 fully saturated rings. The van der Waals surface area contributed by atoms with Crippen LogP contribution < -0.4 is 5.73 Å². The Bertz CT molecular complexity index is 608. The molecule has 2 N–H and O–H groups in total. The Labute approximate surface area is 128 Å². The highest BCUT2D eigenvalue weighted by Gasteiger charge is 2.27. The minimum atomic E-state index is 0.175. The Morgan fingerprint density at radius 1 is 1.35 bits per heavy atom. The van der Waals surface area contributed by atoms with Crippen LogP contribution in [0, 0.1) is 12.8 Å². The van der Waals surface area contributed by atoms with Crippen molar-refractivity contribution in [3.63, 3.8) is 0 Å². The lowest BCUT2D eigenvalue weighted by Crippen LogP contribution is -2.33. The number of hydrogen-bond acceptors (Lipinski definition) is 2. The van der Waals surface area contributed by atoms with Crippen LogP contribution in [0.15, 0.2) is 28.7 Å². The molecule has 0 radical (unpaired) electrons. The van der Waals surface area contributed by atoms with Crippen LogP contribution in [0.2, 0.25) is 0 Å². The van der Waals surface area contributed by atoms with E-state index < -0.39 is 0 Å². The first-order chi connectivity index (χ1) is 9.56. The Hall–Kier alpha value is -1.13. The van der Waals surface area contributed by atoms with Crippen LogP contribution in [0.5, 0.6) is 0 Å². The lowest BCUT2D eigenvalue weighted by atomic mass is 9.93. The maximum atomic E-state index is 6.48. The molecule has 1 heterocycles. The van der Waals surface area contributed by atoms with Crippen LogP contribution in [-0.2, 0) is 26.3 Å². The van der Waals surface area contributed by atoms with Gasteiger partial charge in [0.15, 0.2) is 0 Å². The second kappa shape index (κ2) is 5.34. The lowest BCUT2D eigenvalue weighted by molar-refractivity contribution is 0.428. The zero-order valence-corrected chi connectivity index (χ0v) is 13.5. The summed E-state index contributed by atoms with van der Waals surface area (Å²) < 4.78 is 3.05. The lowest BCUT2D eigenvalue weighted by Gasteiger charge is -2.19. The van der Waals surface area contributed by atoms with Crippen LogP contribution in [0.1, 0.15) is 22.5 Å². The minimum absolute atomic E-state index is 0.175. The van der Waals surface area contributed by atoms with Gasteiger partial charge in [0.1, 0.15) is 0 Å². The first kappa shape index (κ1) is 13.8. The van der Waals surface area contributed by atoms with E-state index in [1.807, 2.05) is 18.7 Å². The molecule has 1 aliphatic carbocycles. The van der Waals surface area contributed by atoms with E-state index in [0.717, 1.165) is 29.4 Å². The fourth-order valence-electron chi connectivity index (χ4n) is 3.19. The van der Waals surface area contributed by atoms with Crippen molar-refractivity contribution >= 4 is 15.9 Å². The van der Waals surface area contributed by atoms with Gasteiger partial charge in [-0.25, -0.2) is 0 Å². The zero-order chi connectivity index (χ0) is 14.3. The van der Waals surface area contributed by atoms with E-state index in [4.69, 9.17) is 5.73 Å². The van der Waals surface area contributed by atoms with E-state index in [0.29, 0.717) is 5.92 Å². The standard InChI is InChI=1S/C16H20BrN3/c1-10-16(17)15(20(2)19-10)9-14(18)13-7-11-5-3-4-6-12(11)8-13/h3-6,13-14H,7-9,18H2,1-2H3. The van der Waals surface area contributed by atoms with Crippen LogP contribution in [0.3, 0.4) is 0 Å². The van der Waals surface area contributed by atoms with Gasteiger partial charge in [0.25, 0.3) is 0 Å². The van der Waals surface area contributed by atoms with Crippen molar-refractivity contribution in [1.29, 1.82) is 0 Å². The Kier molecular flexibility index (Phi) is 3.69. The van der Waals surface area contributed by atoms with E-state index >= 15 is 0 Å². The average Bonchev–Trinajstić information content (AvgIpc) is 2.95. The highest BCUT2D eigenvalue weighted by atomic mass is 79.9. The maximum Gasteiger partial charge on any atom is 0.0738 e. The Morgan fingerprint density at radius 3 is 2.45 bits per heavy atom. The second-order valence-electron chi connectivity index (χ2n) is 5.77. The van der Waals surface area contributed by atoms with Gasteiger partial charge in [0.2, 0.25) is 0 Å². The molecular formula is C16H20BrN3. The summed E-state index contributed by atoms with van der Waals surface area (Å²) in [5.74, 6) is 0.537. The first-order valence-corrected chi connectivity index (χ1v) is 7.86. The molecule has 0 aliphatic heterocycles. The summed E-state index contributed by atoms with van der Waals surface area (Å²) in [6.45, 7) is 2.02. The topological polar surface area (TPSA) is 43.8 Å². The number of halogens is 1. The van der Waals surface area contributed by atoms with Crippen molar-refractivity contribution in [3.05, 3.63) is 51.3 Å². The normalized spacial score (nSPS) is 16.4. The van der Waals surface area contributed by atoms with Crippen LogP contribution in [0.25, 0.3) is 0 Å². The van der Waals surface area contributed by atoms with Crippen molar-refractivity contribution < 1.29 is 0 Å². The van der Waals surface area contributed by atoms with Crippen molar-refractivity contribution in [2.45, 2.75) is 32.2 Å². The van der Waals surface area contributed by atoms with Crippen LogP contribution in [0.4, 0.5) is 0 Å². The van der Waals surface area contributed by atoms with Gasteiger partial charge in [-0.05, 0) is 52.7 Å². The molecule has 0 saturated carbocycles. The fraction of sp³-hybridized carbons (Fsp3) is 0.438. The number of fused-ring (bicyclic) bond motifs is 1. The number of aromatic nitrogens is 2. The molecule has 0 bridgehead atoms. The molecule has 3 nitrogen and oxygen atoms in total. The van der Waals surface area contributed by atoms with Gasteiger partial charge >= 0.3 is 0 Å². The largest absolute Gasteiger partial charge is 0.327 e. The molecule has 0 saturated heterocycles. The number of aryl methyl sites for hydroxylation is 2. The van der Waals surface area contributed by atoms with E-state index in [2.05, 4.69) is 45.3 Å². The monoisotopic (exact) mass is 333 g/mol. The molecule has 0 spiro atoms. The molecule has 1 aromatic heterocycles. The van der Waals surface area contributed by atoms with Gasteiger partial charge in [-0.2, -0.15) is 5.10 Å². The van der Waals surface area contributed by atoms with Crippen molar-refractivity contribution in [2.24, 2.45) is 18.7 Å². The summed E-state index contributed by atoms with van der Waals surface area (Å²) in [5, 5.41) is 4.44. The van der Waals surface area contributed by atoms with Gasteiger partial charge in [0, 0.05) is 19.5 Å². The number of nitrogens with zero attached hydrogens (tertiary/aromatic N) is 2. The van der Waals surface area contributed by atoms with E-state index in [-0.39, 0.29) is 6.04 Å². The highest BCUT2D eigenvalue weighted by molar-refractivity contribution is 9.10. The van der Waals surface area contributed by atoms with E-state index in [9.17, 15) is 0 Å². The molecule has 1 atom stereocenters. The number of hydrogen-bond donors (Lipinski definition) is 1. The molecule has 20 heavy (non-hydrogen) atoms. The van der Waals surface area contributed by atoms with Gasteiger partial charge in [0.05, 0.1) is 15.9 Å². The zero-order valence-electron chi connectivity index (χ0n) is 11.9. The third-order valence-corrected chi connectivity index (χ3v) is 5.41. The second-order valence-corrected chi connectivity index (χ2v) is 6.57. The predicted molar refractivity (Wildman–Crippen MR) is 84.7 cm³/mol. The van der Waals surface area contributed by atoms with Crippen molar-refractivity contribution in [1.82, 2.24) is 9.78 Å². The number of rotatable bonds is 3. The van der Waals surface area contributed by atoms with Gasteiger partial charge in [-0.1, -0.05) is 24.3 Å². The molecular weight excluding hydrogens is 314 g/mol.